The summed E-state index contributed by atoms with van der Waals surface area (Å²) in [4.78, 5) is 0. The first kappa shape index (κ1) is 10.8. The highest BCUT2D eigenvalue weighted by Crippen LogP contribution is 2.12. The standard InChI is InChI=1S/C10H14INO/c1-2-12-7-8-13-10-5-3-9(11)4-6-10/h3-6,12H,2,7-8H2,1H3. The fourth-order valence-corrected chi connectivity index (χ4v) is 1.31. The SMILES string of the molecule is CCNCCOc1ccc(I)cc1. The molecule has 0 saturated heterocycles. The molecule has 0 aromatic heterocycles. The zero-order valence-corrected chi connectivity index (χ0v) is 9.87. The van der Waals surface area contributed by atoms with Crippen molar-refractivity contribution in [3.63, 3.8) is 0 Å². The number of ether oxygens (including phenoxy) is 1. The number of halogens is 1. The predicted octanol–water partition coefficient (Wildman–Crippen LogP) is 2.28. The van der Waals surface area contributed by atoms with Crippen LogP contribution in [0.5, 0.6) is 5.75 Å². The molecule has 0 radical (unpaired) electrons. The van der Waals surface area contributed by atoms with E-state index < -0.39 is 0 Å². The molecule has 0 unspecified atom stereocenters. The van der Waals surface area contributed by atoms with Crippen LogP contribution in [0, 0.1) is 3.57 Å². The van der Waals surface area contributed by atoms with Crippen molar-refractivity contribution in [2.24, 2.45) is 0 Å². The predicted molar refractivity (Wildman–Crippen MR) is 63.2 cm³/mol. The Bertz CT molecular complexity index is 235. The molecule has 0 aliphatic heterocycles. The molecule has 0 amide bonds. The van der Waals surface area contributed by atoms with Gasteiger partial charge >= 0.3 is 0 Å². The molecule has 1 N–H and O–H groups in total. The van der Waals surface area contributed by atoms with Crippen LogP contribution >= 0.6 is 22.6 Å². The number of hydrogen-bond acceptors (Lipinski definition) is 2. The molecule has 0 aliphatic rings. The maximum atomic E-state index is 5.50. The van der Waals surface area contributed by atoms with Crippen molar-refractivity contribution in [1.29, 1.82) is 0 Å². The maximum absolute atomic E-state index is 5.50. The molecule has 0 heterocycles. The van der Waals surface area contributed by atoms with E-state index in [9.17, 15) is 0 Å². The summed E-state index contributed by atoms with van der Waals surface area (Å²) in [5.74, 6) is 0.943. The Balaban J connectivity index is 2.25. The molecule has 0 atom stereocenters. The maximum Gasteiger partial charge on any atom is 0.119 e. The molecule has 3 heteroatoms. The second-order valence-corrected chi connectivity index (χ2v) is 3.90. The quantitative estimate of drug-likeness (QED) is 0.664. The number of hydrogen-bond donors (Lipinski definition) is 1. The van der Waals surface area contributed by atoms with Crippen LogP contribution < -0.4 is 10.1 Å². The summed E-state index contributed by atoms with van der Waals surface area (Å²) in [5.41, 5.74) is 0. The Hall–Kier alpha value is -0.290. The smallest absolute Gasteiger partial charge is 0.119 e. The normalized spacial score (nSPS) is 10.0. The molecule has 0 bridgehead atoms. The van der Waals surface area contributed by atoms with Crippen molar-refractivity contribution in [3.8, 4) is 5.75 Å². The third-order valence-corrected chi connectivity index (χ3v) is 2.33. The highest BCUT2D eigenvalue weighted by molar-refractivity contribution is 14.1. The number of benzene rings is 1. The second kappa shape index (κ2) is 6.21. The largest absolute Gasteiger partial charge is 0.492 e. The number of rotatable bonds is 5. The van der Waals surface area contributed by atoms with E-state index in [1.165, 1.54) is 3.57 Å². The molecule has 0 spiro atoms. The Morgan fingerprint density at radius 1 is 1.31 bits per heavy atom. The minimum absolute atomic E-state index is 0.731. The van der Waals surface area contributed by atoms with Crippen LogP contribution in [0.2, 0.25) is 0 Å². The van der Waals surface area contributed by atoms with Crippen molar-refractivity contribution in [2.75, 3.05) is 19.7 Å². The van der Waals surface area contributed by atoms with E-state index in [0.717, 1.165) is 25.4 Å². The minimum atomic E-state index is 0.731. The van der Waals surface area contributed by atoms with Gasteiger partial charge in [0.05, 0.1) is 0 Å². The number of nitrogens with one attached hydrogen (secondary N) is 1. The Kier molecular flexibility index (Phi) is 5.15. The van der Waals surface area contributed by atoms with E-state index in [4.69, 9.17) is 4.74 Å². The van der Waals surface area contributed by atoms with E-state index in [1.54, 1.807) is 0 Å². The first-order chi connectivity index (χ1) is 6.33. The lowest BCUT2D eigenvalue weighted by Crippen LogP contribution is -2.20. The Morgan fingerprint density at radius 3 is 2.62 bits per heavy atom. The molecule has 1 aromatic carbocycles. The van der Waals surface area contributed by atoms with Gasteiger partial charge in [0.25, 0.3) is 0 Å². The summed E-state index contributed by atoms with van der Waals surface area (Å²) in [6.45, 7) is 4.72. The highest BCUT2D eigenvalue weighted by Gasteiger charge is 1.92. The van der Waals surface area contributed by atoms with E-state index in [1.807, 2.05) is 24.3 Å². The minimum Gasteiger partial charge on any atom is -0.492 e. The van der Waals surface area contributed by atoms with Gasteiger partial charge in [-0.25, -0.2) is 0 Å². The van der Waals surface area contributed by atoms with Crippen LogP contribution in [0.1, 0.15) is 6.92 Å². The molecule has 2 nitrogen and oxygen atoms in total. The molecule has 1 aromatic rings. The van der Waals surface area contributed by atoms with Crippen molar-refractivity contribution >= 4 is 22.6 Å². The molecule has 72 valence electrons. The van der Waals surface area contributed by atoms with E-state index in [-0.39, 0.29) is 0 Å². The Morgan fingerprint density at radius 2 is 2.00 bits per heavy atom. The summed E-state index contributed by atoms with van der Waals surface area (Å²) in [7, 11) is 0. The van der Waals surface area contributed by atoms with Gasteiger partial charge < -0.3 is 10.1 Å². The van der Waals surface area contributed by atoms with Crippen LogP contribution in [-0.2, 0) is 0 Å². The van der Waals surface area contributed by atoms with Gasteiger partial charge in [-0.2, -0.15) is 0 Å². The molecule has 13 heavy (non-hydrogen) atoms. The highest BCUT2D eigenvalue weighted by atomic mass is 127. The van der Waals surface area contributed by atoms with Crippen molar-refractivity contribution < 1.29 is 4.74 Å². The van der Waals surface area contributed by atoms with Gasteiger partial charge in [0.1, 0.15) is 12.4 Å². The first-order valence-corrected chi connectivity index (χ1v) is 5.50. The van der Waals surface area contributed by atoms with Gasteiger partial charge in [0.2, 0.25) is 0 Å². The monoisotopic (exact) mass is 291 g/mol. The summed E-state index contributed by atoms with van der Waals surface area (Å²) in [5, 5.41) is 3.20. The average Bonchev–Trinajstić information content (AvgIpc) is 2.15. The van der Waals surface area contributed by atoms with E-state index in [0.29, 0.717) is 0 Å². The van der Waals surface area contributed by atoms with Gasteiger partial charge in [0.15, 0.2) is 0 Å². The van der Waals surface area contributed by atoms with Crippen LogP contribution in [0.25, 0.3) is 0 Å². The molecule has 1 rings (SSSR count). The van der Waals surface area contributed by atoms with Gasteiger partial charge in [-0.1, -0.05) is 6.92 Å². The second-order valence-electron chi connectivity index (χ2n) is 2.66. The zero-order chi connectivity index (χ0) is 9.52. The third-order valence-electron chi connectivity index (χ3n) is 1.61. The molecule has 0 saturated carbocycles. The van der Waals surface area contributed by atoms with Crippen LogP contribution in [0.3, 0.4) is 0 Å². The van der Waals surface area contributed by atoms with Crippen LogP contribution in [0.4, 0.5) is 0 Å². The molecule has 0 fully saturated rings. The topological polar surface area (TPSA) is 21.3 Å². The van der Waals surface area contributed by atoms with Gasteiger partial charge in [-0.05, 0) is 53.4 Å². The van der Waals surface area contributed by atoms with Crippen LogP contribution in [0.15, 0.2) is 24.3 Å². The third kappa shape index (κ3) is 4.47. The molecule has 0 aliphatic carbocycles. The van der Waals surface area contributed by atoms with Gasteiger partial charge in [-0.3, -0.25) is 0 Å². The van der Waals surface area contributed by atoms with Gasteiger partial charge in [0, 0.05) is 10.1 Å². The van der Waals surface area contributed by atoms with Gasteiger partial charge in [-0.15, -0.1) is 0 Å². The lowest BCUT2D eigenvalue weighted by Gasteiger charge is -2.05. The van der Waals surface area contributed by atoms with Crippen molar-refractivity contribution in [2.45, 2.75) is 6.92 Å². The molecular weight excluding hydrogens is 277 g/mol. The lowest BCUT2D eigenvalue weighted by atomic mass is 10.3. The summed E-state index contributed by atoms with van der Waals surface area (Å²) in [6, 6.07) is 8.08. The average molecular weight is 291 g/mol. The summed E-state index contributed by atoms with van der Waals surface area (Å²) >= 11 is 2.28. The van der Waals surface area contributed by atoms with E-state index >= 15 is 0 Å². The lowest BCUT2D eigenvalue weighted by molar-refractivity contribution is 0.315. The zero-order valence-electron chi connectivity index (χ0n) is 7.72. The summed E-state index contributed by atoms with van der Waals surface area (Å²) < 4.78 is 6.73. The fourth-order valence-electron chi connectivity index (χ4n) is 0.949. The molecular formula is C10H14INO. The van der Waals surface area contributed by atoms with E-state index in [2.05, 4.69) is 34.8 Å². The first-order valence-electron chi connectivity index (χ1n) is 4.42. The summed E-state index contributed by atoms with van der Waals surface area (Å²) in [6.07, 6.45) is 0. The fraction of sp³-hybridized carbons (Fsp3) is 0.400. The van der Waals surface area contributed by atoms with Crippen molar-refractivity contribution in [1.82, 2.24) is 5.32 Å². The van der Waals surface area contributed by atoms with Crippen LogP contribution in [-0.4, -0.2) is 19.7 Å². The van der Waals surface area contributed by atoms with Crippen molar-refractivity contribution in [3.05, 3.63) is 27.8 Å². The Labute approximate surface area is 92.8 Å². The number of likely N-dealkylation sites (N-methyl/N-ethyl adjacent to an activating group) is 1.